The number of rotatable bonds is 8. The van der Waals surface area contributed by atoms with Gasteiger partial charge in [0, 0.05) is 24.7 Å². The molecule has 0 amide bonds. The van der Waals surface area contributed by atoms with Crippen molar-refractivity contribution in [2.75, 3.05) is 32.8 Å². The van der Waals surface area contributed by atoms with Gasteiger partial charge in [0.05, 0.1) is 12.1 Å². The van der Waals surface area contributed by atoms with E-state index in [1.807, 2.05) is 44.7 Å². The lowest BCUT2D eigenvalue weighted by atomic mass is 10.2. The summed E-state index contributed by atoms with van der Waals surface area (Å²) in [5.74, 6) is 0.619. The third-order valence-electron chi connectivity index (χ3n) is 4.03. The Kier molecular flexibility index (Phi) is 7.24. The van der Waals surface area contributed by atoms with E-state index in [-0.39, 0.29) is 13.2 Å². The zero-order valence-electron chi connectivity index (χ0n) is 16.5. The fourth-order valence-electron chi connectivity index (χ4n) is 2.74. The molecule has 0 saturated carbocycles. The van der Waals surface area contributed by atoms with Gasteiger partial charge in [-0.1, -0.05) is 6.92 Å². The van der Waals surface area contributed by atoms with Gasteiger partial charge in [0.2, 0.25) is 0 Å². The predicted molar refractivity (Wildman–Crippen MR) is 104 cm³/mol. The average Bonchev–Trinajstić information content (AvgIpc) is 3.01. The maximum absolute atomic E-state index is 12.3. The molecule has 0 fully saturated rings. The quantitative estimate of drug-likeness (QED) is 0.734. The van der Waals surface area contributed by atoms with Crippen LogP contribution in [0.4, 0.5) is 4.79 Å². The number of carbonyl (C=O) groups is 1. The molecule has 1 heterocycles. The second kappa shape index (κ2) is 9.21. The normalized spacial score (nSPS) is 13.1. The van der Waals surface area contributed by atoms with Gasteiger partial charge in [-0.15, -0.1) is 0 Å². The molecule has 7 nitrogen and oxygen atoms in total. The maximum atomic E-state index is 12.3. The van der Waals surface area contributed by atoms with Gasteiger partial charge in [-0.2, -0.15) is 0 Å². The van der Waals surface area contributed by atoms with E-state index in [2.05, 4.69) is 0 Å². The van der Waals surface area contributed by atoms with Crippen LogP contribution in [0.15, 0.2) is 30.5 Å². The molecule has 0 aliphatic rings. The molecule has 1 aromatic carbocycles. The van der Waals surface area contributed by atoms with Gasteiger partial charge >= 0.3 is 6.09 Å². The van der Waals surface area contributed by atoms with Crippen molar-refractivity contribution in [2.24, 2.45) is 0 Å². The first-order chi connectivity index (χ1) is 12.7. The number of ether oxygens (including phenoxy) is 2. The SMILES string of the molecule is CCN(CCO)CC(O)COc1ccc2c(ccn2C(=O)OC(C)(C)C)c1. The number of aromatic nitrogens is 1. The number of aliphatic hydroxyl groups excluding tert-OH is 2. The summed E-state index contributed by atoms with van der Waals surface area (Å²) in [4.78, 5) is 14.2. The standard InChI is InChI=1S/C20H30N2O5/c1-5-21(10-11-23)13-16(24)14-26-17-6-7-18-15(12-17)8-9-22(18)19(25)27-20(2,3)4/h6-9,12,16,23-24H,5,10-11,13-14H2,1-4H3. The third-order valence-corrected chi connectivity index (χ3v) is 4.03. The molecule has 0 bridgehead atoms. The second-order valence-electron chi connectivity index (χ2n) is 7.47. The summed E-state index contributed by atoms with van der Waals surface area (Å²) in [5.41, 5.74) is 0.173. The fraction of sp³-hybridized carbons (Fsp3) is 0.550. The molecule has 0 saturated heterocycles. The number of carbonyl (C=O) groups excluding carboxylic acids is 1. The number of aliphatic hydroxyl groups is 2. The number of benzene rings is 1. The predicted octanol–water partition coefficient (Wildman–Crippen LogP) is 2.48. The van der Waals surface area contributed by atoms with E-state index in [9.17, 15) is 9.90 Å². The molecule has 1 atom stereocenters. The van der Waals surface area contributed by atoms with Crippen molar-refractivity contribution in [3.63, 3.8) is 0 Å². The van der Waals surface area contributed by atoms with Gasteiger partial charge in [-0.25, -0.2) is 4.79 Å². The summed E-state index contributed by atoms with van der Waals surface area (Å²) in [6.45, 7) is 9.39. The molecule has 0 radical (unpaired) electrons. The molecule has 7 heteroatoms. The molecule has 150 valence electrons. The van der Waals surface area contributed by atoms with E-state index in [0.717, 1.165) is 17.4 Å². The van der Waals surface area contributed by atoms with Crippen LogP contribution in [0.1, 0.15) is 27.7 Å². The lowest BCUT2D eigenvalue weighted by Crippen LogP contribution is -2.37. The molecular weight excluding hydrogens is 348 g/mol. The Labute approximate surface area is 160 Å². The first kappa shape index (κ1) is 21.2. The summed E-state index contributed by atoms with van der Waals surface area (Å²) >= 11 is 0. The Morgan fingerprint density at radius 1 is 1.30 bits per heavy atom. The molecule has 2 aromatic rings. The molecule has 0 aliphatic carbocycles. The summed E-state index contributed by atoms with van der Waals surface area (Å²) < 4.78 is 12.6. The Morgan fingerprint density at radius 3 is 2.67 bits per heavy atom. The Morgan fingerprint density at radius 2 is 2.04 bits per heavy atom. The minimum Gasteiger partial charge on any atom is -0.491 e. The highest BCUT2D eigenvalue weighted by Crippen LogP contribution is 2.23. The fourth-order valence-corrected chi connectivity index (χ4v) is 2.74. The van der Waals surface area contributed by atoms with E-state index >= 15 is 0 Å². The van der Waals surface area contributed by atoms with Gasteiger partial charge in [-0.3, -0.25) is 9.47 Å². The van der Waals surface area contributed by atoms with Crippen LogP contribution in [0, 0.1) is 0 Å². The molecule has 2 N–H and O–H groups in total. The first-order valence-electron chi connectivity index (χ1n) is 9.22. The number of hydrogen-bond acceptors (Lipinski definition) is 6. The van der Waals surface area contributed by atoms with Crippen molar-refractivity contribution in [1.29, 1.82) is 0 Å². The smallest absolute Gasteiger partial charge is 0.418 e. The number of fused-ring (bicyclic) bond motifs is 1. The summed E-state index contributed by atoms with van der Waals surface area (Å²) in [5, 5.41) is 20.0. The molecule has 1 aromatic heterocycles. The monoisotopic (exact) mass is 378 g/mol. The zero-order valence-corrected chi connectivity index (χ0v) is 16.5. The number of likely N-dealkylation sites (N-methyl/N-ethyl adjacent to an activating group) is 1. The minimum absolute atomic E-state index is 0.0622. The van der Waals surface area contributed by atoms with Crippen LogP contribution in [0.25, 0.3) is 10.9 Å². The second-order valence-corrected chi connectivity index (χ2v) is 7.47. The largest absolute Gasteiger partial charge is 0.491 e. The van der Waals surface area contributed by atoms with Crippen LogP contribution in [0.2, 0.25) is 0 Å². The van der Waals surface area contributed by atoms with E-state index in [0.29, 0.717) is 18.8 Å². The van der Waals surface area contributed by atoms with Gasteiger partial charge in [0.15, 0.2) is 0 Å². The molecule has 1 unspecified atom stereocenters. The van der Waals surface area contributed by atoms with E-state index in [1.54, 1.807) is 18.3 Å². The molecule has 27 heavy (non-hydrogen) atoms. The number of hydrogen-bond donors (Lipinski definition) is 2. The van der Waals surface area contributed by atoms with Crippen LogP contribution in [-0.2, 0) is 4.74 Å². The summed E-state index contributed by atoms with van der Waals surface area (Å²) in [6, 6.07) is 7.21. The average molecular weight is 378 g/mol. The summed E-state index contributed by atoms with van der Waals surface area (Å²) in [6.07, 6.45) is 0.592. The number of nitrogens with zero attached hydrogens (tertiary/aromatic N) is 2. The molecule has 0 aliphatic heterocycles. The van der Waals surface area contributed by atoms with Crippen molar-refractivity contribution < 1.29 is 24.5 Å². The van der Waals surface area contributed by atoms with Gasteiger partial charge < -0.3 is 19.7 Å². The van der Waals surface area contributed by atoms with Crippen molar-refractivity contribution in [3.8, 4) is 5.75 Å². The maximum Gasteiger partial charge on any atom is 0.418 e. The van der Waals surface area contributed by atoms with Crippen molar-refractivity contribution in [2.45, 2.75) is 39.4 Å². The van der Waals surface area contributed by atoms with Crippen molar-refractivity contribution in [1.82, 2.24) is 9.47 Å². The Balaban J connectivity index is 2.00. The van der Waals surface area contributed by atoms with Crippen LogP contribution in [-0.4, -0.2) is 70.3 Å². The molecule has 2 rings (SSSR count). The Hall–Kier alpha value is -2.09. The first-order valence-corrected chi connectivity index (χ1v) is 9.22. The van der Waals surface area contributed by atoms with Gasteiger partial charge in [0.1, 0.15) is 24.1 Å². The lowest BCUT2D eigenvalue weighted by Gasteiger charge is -2.22. The minimum atomic E-state index is -0.654. The third kappa shape index (κ3) is 6.23. The highest BCUT2D eigenvalue weighted by Gasteiger charge is 2.19. The van der Waals surface area contributed by atoms with Crippen LogP contribution in [0.3, 0.4) is 0 Å². The van der Waals surface area contributed by atoms with E-state index < -0.39 is 17.8 Å². The zero-order chi connectivity index (χ0) is 20.0. The molecular formula is C20H30N2O5. The van der Waals surface area contributed by atoms with Gasteiger partial charge in [-0.05, 0) is 51.6 Å². The highest BCUT2D eigenvalue weighted by atomic mass is 16.6. The highest BCUT2D eigenvalue weighted by molar-refractivity contribution is 5.90. The van der Waals surface area contributed by atoms with Crippen LogP contribution in [0.5, 0.6) is 5.75 Å². The molecule has 0 spiro atoms. The van der Waals surface area contributed by atoms with Crippen LogP contribution >= 0.6 is 0 Å². The van der Waals surface area contributed by atoms with Crippen molar-refractivity contribution in [3.05, 3.63) is 30.5 Å². The van der Waals surface area contributed by atoms with E-state index in [1.165, 1.54) is 4.57 Å². The van der Waals surface area contributed by atoms with Crippen LogP contribution < -0.4 is 4.74 Å². The van der Waals surface area contributed by atoms with Gasteiger partial charge in [0.25, 0.3) is 0 Å². The summed E-state index contributed by atoms with van der Waals surface area (Å²) in [7, 11) is 0. The topological polar surface area (TPSA) is 84.2 Å². The van der Waals surface area contributed by atoms with Crippen molar-refractivity contribution >= 4 is 17.0 Å². The lowest BCUT2D eigenvalue weighted by molar-refractivity contribution is 0.0544. The Bertz CT molecular complexity index is 750. The van der Waals surface area contributed by atoms with E-state index in [4.69, 9.17) is 14.6 Å².